The van der Waals surface area contributed by atoms with E-state index >= 15 is 0 Å². The first-order valence-electron chi connectivity index (χ1n) is 7.66. The number of hydrogen-bond donors (Lipinski definition) is 1. The Hall–Kier alpha value is -2.41. The van der Waals surface area contributed by atoms with Crippen molar-refractivity contribution < 1.29 is 9.53 Å². The van der Waals surface area contributed by atoms with E-state index in [1.807, 2.05) is 25.5 Å². The summed E-state index contributed by atoms with van der Waals surface area (Å²) in [6, 6.07) is 6.20. The number of nitrogens with one attached hydrogen (secondary N) is 1. The number of aryl methyl sites for hydroxylation is 1. The lowest BCUT2D eigenvalue weighted by Gasteiger charge is -2.13. The second-order valence-corrected chi connectivity index (χ2v) is 6.29. The van der Waals surface area contributed by atoms with E-state index in [2.05, 4.69) is 39.5 Å². The lowest BCUT2D eigenvalue weighted by atomic mass is 10.1. The molecule has 1 N–H and O–H groups in total. The SMILES string of the molecule is CCOC(=O)Cc1csc(NN=Cc2ccc(N(C)C)cc2C)n1. The molecule has 2 aromatic rings. The Bertz CT molecular complexity index is 725. The maximum Gasteiger partial charge on any atom is 0.311 e. The van der Waals surface area contributed by atoms with Gasteiger partial charge in [-0.2, -0.15) is 5.10 Å². The van der Waals surface area contributed by atoms with Gasteiger partial charge in [0.15, 0.2) is 0 Å². The summed E-state index contributed by atoms with van der Waals surface area (Å²) in [6.07, 6.45) is 1.95. The Labute approximate surface area is 146 Å². The summed E-state index contributed by atoms with van der Waals surface area (Å²) >= 11 is 1.40. The largest absolute Gasteiger partial charge is 0.466 e. The van der Waals surface area contributed by atoms with Crippen LogP contribution in [0.4, 0.5) is 10.8 Å². The molecular formula is C17H22N4O2S. The number of thiazole rings is 1. The van der Waals surface area contributed by atoms with Gasteiger partial charge >= 0.3 is 5.97 Å². The quantitative estimate of drug-likeness (QED) is 0.474. The van der Waals surface area contributed by atoms with Crippen molar-refractivity contribution in [3.05, 3.63) is 40.4 Å². The molecule has 0 saturated carbocycles. The molecule has 7 heteroatoms. The van der Waals surface area contributed by atoms with E-state index in [4.69, 9.17) is 4.74 Å². The van der Waals surface area contributed by atoms with Crippen LogP contribution < -0.4 is 10.3 Å². The van der Waals surface area contributed by atoms with E-state index in [1.165, 1.54) is 11.3 Å². The molecule has 1 heterocycles. The molecule has 0 fully saturated rings. The molecule has 1 aromatic carbocycles. The minimum Gasteiger partial charge on any atom is -0.466 e. The molecule has 0 spiro atoms. The Morgan fingerprint density at radius 1 is 1.46 bits per heavy atom. The Morgan fingerprint density at radius 3 is 2.92 bits per heavy atom. The van der Waals surface area contributed by atoms with Crippen molar-refractivity contribution in [3.63, 3.8) is 0 Å². The fraction of sp³-hybridized carbons (Fsp3) is 0.353. The number of anilines is 2. The van der Waals surface area contributed by atoms with Crippen molar-refractivity contribution in [1.29, 1.82) is 0 Å². The van der Waals surface area contributed by atoms with Gasteiger partial charge in [-0.25, -0.2) is 4.98 Å². The zero-order valence-corrected chi connectivity index (χ0v) is 15.2. The van der Waals surface area contributed by atoms with E-state index in [0.717, 1.165) is 16.8 Å². The molecule has 0 unspecified atom stereocenters. The summed E-state index contributed by atoms with van der Waals surface area (Å²) in [5.74, 6) is -0.269. The number of hydrazone groups is 1. The first-order chi connectivity index (χ1) is 11.5. The third kappa shape index (κ3) is 5.06. The molecule has 24 heavy (non-hydrogen) atoms. The fourth-order valence-corrected chi connectivity index (χ4v) is 2.70. The highest BCUT2D eigenvalue weighted by atomic mass is 32.1. The monoisotopic (exact) mass is 346 g/mol. The number of hydrogen-bond acceptors (Lipinski definition) is 7. The van der Waals surface area contributed by atoms with Gasteiger partial charge in [-0.15, -0.1) is 11.3 Å². The van der Waals surface area contributed by atoms with Gasteiger partial charge in [-0.3, -0.25) is 10.2 Å². The van der Waals surface area contributed by atoms with E-state index < -0.39 is 0 Å². The molecule has 0 radical (unpaired) electrons. The molecule has 0 amide bonds. The fourth-order valence-electron chi connectivity index (χ4n) is 2.04. The lowest BCUT2D eigenvalue weighted by Crippen LogP contribution is -2.09. The van der Waals surface area contributed by atoms with E-state index in [0.29, 0.717) is 17.4 Å². The smallest absolute Gasteiger partial charge is 0.311 e. The molecule has 128 valence electrons. The van der Waals surface area contributed by atoms with Crippen molar-refractivity contribution >= 4 is 34.3 Å². The van der Waals surface area contributed by atoms with Gasteiger partial charge in [0.2, 0.25) is 5.13 Å². The zero-order chi connectivity index (χ0) is 17.5. The minimum absolute atomic E-state index is 0.181. The van der Waals surface area contributed by atoms with E-state index in [9.17, 15) is 4.79 Å². The third-order valence-corrected chi connectivity index (χ3v) is 4.11. The maximum absolute atomic E-state index is 11.4. The number of esters is 1. The molecule has 0 saturated heterocycles. The Balaban J connectivity index is 1.95. The van der Waals surface area contributed by atoms with Crippen LogP contribution in [0.2, 0.25) is 0 Å². The van der Waals surface area contributed by atoms with Gasteiger partial charge in [0.1, 0.15) is 0 Å². The van der Waals surface area contributed by atoms with Crippen molar-refractivity contribution in [2.24, 2.45) is 5.10 Å². The Morgan fingerprint density at radius 2 is 2.25 bits per heavy atom. The van der Waals surface area contributed by atoms with Crippen LogP contribution in [0.1, 0.15) is 23.7 Å². The van der Waals surface area contributed by atoms with Crippen LogP contribution in [0.3, 0.4) is 0 Å². The van der Waals surface area contributed by atoms with Crippen LogP contribution in [0.5, 0.6) is 0 Å². The van der Waals surface area contributed by atoms with Crippen molar-refractivity contribution in [1.82, 2.24) is 4.98 Å². The summed E-state index contributed by atoms with van der Waals surface area (Å²) in [6.45, 7) is 4.22. The molecular weight excluding hydrogens is 324 g/mol. The number of nitrogens with zero attached hydrogens (tertiary/aromatic N) is 3. The van der Waals surface area contributed by atoms with Gasteiger partial charge in [0.25, 0.3) is 0 Å². The first kappa shape index (κ1) is 17.9. The number of carbonyl (C=O) groups is 1. The van der Waals surface area contributed by atoms with Gasteiger partial charge in [0.05, 0.1) is 24.9 Å². The van der Waals surface area contributed by atoms with Gasteiger partial charge in [0, 0.05) is 25.2 Å². The van der Waals surface area contributed by atoms with Crippen molar-refractivity contribution in [3.8, 4) is 0 Å². The normalized spacial score (nSPS) is 10.8. The number of ether oxygens (including phenoxy) is 1. The molecule has 0 aliphatic carbocycles. The molecule has 2 rings (SSSR count). The first-order valence-corrected chi connectivity index (χ1v) is 8.54. The van der Waals surface area contributed by atoms with E-state index in [1.54, 1.807) is 13.1 Å². The highest BCUT2D eigenvalue weighted by Crippen LogP contribution is 2.18. The summed E-state index contributed by atoms with van der Waals surface area (Å²) in [5, 5.41) is 6.69. The summed E-state index contributed by atoms with van der Waals surface area (Å²) in [4.78, 5) is 17.8. The summed E-state index contributed by atoms with van der Waals surface area (Å²) in [5.41, 5.74) is 6.92. The zero-order valence-electron chi connectivity index (χ0n) is 14.4. The maximum atomic E-state index is 11.4. The predicted molar refractivity (Wildman–Crippen MR) is 99.2 cm³/mol. The third-order valence-electron chi connectivity index (χ3n) is 3.32. The van der Waals surface area contributed by atoms with E-state index in [-0.39, 0.29) is 12.4 Å². The van der Waals surface area contributed by atoms with Crippen molar-refractivity contribution in [2.75, 3.05) is 31.0 Å². The molecule has 0 bridgehead atoms. The molecule has 0 aliphatic heterocycles. The molecule has 0 atom stereocenters. The average Bonchev–Trinajstić information content (AvgIpc) is 2.96. The van der Waals surface area contributed by atoms with Crippen LogP contribution in [-0.4, -0.2) is 37.9 Å². The minimum atomic E-state index is -0.269. The number of aromatic nitrogens is 1. The van der Waals surface area contributed by atoms with Crippen LogP contribution in [0.25, 0.3) is 0 Å². The number of benzene rings is 1. The van der Waals surface area contributed by atoms with Gasteiger partial charge in [-0.05, 0) is 37.1 Å². The van der Waals surface area contributed by atoms with Gasteiger partial charge in [-0.1, -0.05) is 6.07 Å². The van der Waals surface area contributed by atoms with Crippen LogP contribution in [0, 0.1) is 6.92 Å². The standard InChI is InChI=1S/C17H22N4O2S/c1-5-23-16(22)9-14-11-24-17(19-14)20-18-10-13-6-7-15(21(3)4)8-12(13)2/h6-8,10-11H,5,9H2,1-4H3,(H,19,20). The average molecular weight is 346 g/mol. The van der Waals surface area contributed by atoms with Crippen LogP contribution in [0.15, 0.2) is 28.7 Å². The highest BCUT2D eigenvalue weighted by Gasteiger charge is 2.08. The van der Waals surface area contributed by atoms with Crippen LogP contribution in [-0.2, 0) is 16.0 Å². The van der Waals surface area contributed by atoms with Crippen molar-refractivity contribution in [2.45, 2.75) is 20.3 Å². The summed E-state index contributed by atoms with van der Waals surface area (Å²) in [7, 11) is 4.03. The highest BCUT2D eigenvalue weighted by molar-refractivity contribution is 7.13. The number of rotatable bonds is 7. The second-order valence-electron chi connectivity index (χ2n) is 5.43. The van der Waals surface area contributed by atoms with Crippen LogP contribution >= 0.6 is 11.3 Å². The second kappa shape index (κ2) is 8.44. The molecule has 6 nitrogen and oxygen atoms in total. The molecule has 1 aromatic heterocycles. The molecule has 0 aliphatic rings. The number of carbonyl (C=O) groups excluding carboxylic acids is 1. The van der Waals surface area contributed by atoms with Gasteiger partial charge < -0.3 is 9.64 Å². The summed E-state index contributed by atoms with van der Waals surface area (Å²) < 4.78 is 4.91. The topological polar surface area (TPSA) is 66.8 Å². The lowest BCUT2D eigenvalue weighted by molar-refractivity contribution is -0.142. The Kier molecular flexibility index (Phi) is 6.31. The predicted octanol–water partition coefficient (Wildman–Crippen LogP) is 3.07.